The van der Waals surface area contributed by atoms with Crippen LogP contribution in [0, 0.1) is 5.82 Å². The third-order valence-electron chi connectivity index (χ3n) is 1.60. The van der Waals surface area contributed by atoms with Crippen molar-refractivity contribution in [2.24, 2.45) is 0 Å². The molecule has 5 heteroatoms. The van der Waals surface area contributed by atoms with Gasteiger partial charge in [-0.05, 0) is 44.3 Å². The van der Waals surface area contributed by atoms with Crippen LogP contribution in [-0.2, 0) is 0 Å². The van der Waals surface area contributed by atoms with Gasteiger partial charge in [-0.2, -0.15) is 0 Å². The van der Waals surface area contributed by atoms with E-state index in [1.165, 1.54) is 12.1 Å². The lowest BCUT2D eigenvalue weighted by Crippen LogP contribution is -2.33. The topological polar surface area (TPSA) is 24.1 Å². The first-order chi connectivity index (χ1) is 6.99. The van der Waals surface area contributed by atoms with E-state index in [2.05, 4.69) is 10.6 Å². The van der Waals surface area contributed by atoms with E-state index in [9.17, 15) is 4.39 Å². The Morgan fingerprint density at radius 2 is 2.13 bits per heavy atom. The monoisotopic (exact) mass is 246 g/mol. The van der Waals surface area contributed by atoms with Crippen molar-refractivity contribution in [3.05, 3.63) is 29.0 Å². The summed E-state index contributed by atoms with van der Waals surface area (Å²) in [5, 5.41) is 6.49. The molecule has 0 aliphatic carbocycles. The third kappa shape index (κ3) is 4.01. The molecule has 0 fully saturated rings. The van der Waals surface area contributed by atoms with Gasteiger partial charge in [-0.25, -0.2) is 4.39 Å². The van der Waals surface area contributed by atoms with Crippen LogP contribution in [0.5, 0.6) is 0 Å². The highest BCUT2D eigenvalue weighted by atomic mass is 35.5. The van der Waals surface area contributed by atoms with Crippen LogP contribution in [0.15, 0.2) is 18.2 Å². The fourth-order valence-corrected chi connectivity index (χ4v) is 1.54. The van der Waals surface area contributed by atoms with Crippen LogP contribution in [0.1, 0.15) is 13.8 Å². The number of rotatable bonds is 2. The predicted molar refractivity (Wildman–Crippen MR) is 65.9 cm³/mol. The summed E-state index contributed by atoms with van der Waals surface area (Å²) in [6, 6.07) is 4.62. The number of anilines is 1. The van der Waals surface area contributed by atoms with E-state index in [-0.39, 0.29) is 11.1 Å². The molecule has 0 spiro atoms. The van der Waals surface area contributed by atoms with E-state index in [1.807, 2.05) is 13.8 Å². The molecule has 0 aromatic heterocycles. The molecule has 82 valence electrons. The van der Waals surface area contributed by atoms with Gasteiger partial charge in [-0.15, -0.1) is 0 Å². The Hall–Kier alpha value is -0.870. The molecule has 1 aromatic carbocycles. The van der Waals surface area contributed by atoms with Gasteiger partial charge >= 0.3 is 0 Å². The minimum absolute atomic E-state index is 0.0762. The average Bonchev–Trinajstić information content (AvgIpc) is 2.10. The number of thiocarbonyl (C=S) groups is 1. The smallest absolute Gasteiger partial charge is 0.170 e. The van der Waals surface area contributed by atoms with Crippen molar-refractivity contribution in [2.75, 3.05) is 5.32 Å². The summed E-state index contributed by atoms with van der Waals surface area (Å²) in [5.41, 5.74) is 0.666. The normalized spacial score (nSPS) is 10.2. The quantitative estimate of drug-likeness (QED) is 0.784. The molecule has 0 heterocycles. The molecular weight excluding hydrogens is 235 g/mol. The number of hydrogen-bond donors (Lipinski definition) is 2. The fraction of sp³-hybridized carbons (Fsp3) is 0.300. The second-order valence-electron chi connectivity index (χ2n) is 3.38. The Bertz CT molecular complexity index is 368. The van der Waals surface area contributed by atoms with Crippen LogP contribution in [-0.4, -0.2) is 11.2 Å². The predicted octanol–water partition coefficient (Wildman–Crippen LogP) is 3.17. The lowest BCUT2D eigenvalue weighted by atomic mass is 10.3. The molecule has 0 amide bonds. The Morgan fingerprint density at radius 3 is 2.67 bits per heavy atom. The van der Waals surface area contributed by atoms with Gasteiger partial charge in [0.1, 0.15) is 5.82 Å². The summed E-state index contributed by atoms with van der Waals surface area (Å²) in [4.78, 5) is 0. The highest BCUT2D eigenvalue weighted by Crippen LogP contribution is 2.19. The van der Waals surface area contributed by atoms with Gasteiger partial charge in [0.25, 0.3) is 0 Å². The molecule has 0 aliphatic heterocycles. The lowest BCUT2D eigenvalue weighted by Gasteiger charge is -2.13. The van der Waals surface area contributed by atoms with Gasteiger partial charge in [-0.1, -0.05) is 11.6 Å². The van der Waals surface area contributed by atoms with E-state index in [0.29, 0.717) is 10.8 Å². The molecule has 0 bridgehead atoms. The zero-order valence-corrected chi connectivity index (χ0v) is 10.0. The zero-order chi connectivity index (χ0) is 11.4. The van der Waals surface area contributed by atoms with Crippen LogP contribution in [0.4, 0.5) is 10.1 Å². The molecule has 1 aromatic rings. The molecule has 1 rings (SSSR count). The minimum Gasteiger partial charge on any atom is -0.360 e. The van der Waals surface area contributed by atoms with E-state index in [1.54, 1.807) is 6.07 Å². The molecule has 0 radical (unpaired) electrons. The van der Waals surface area contributed by atoms with Crippen molar-refractivity contribution in [2.45, 2.75) is 19.9 Å². The summed E-state index contributed by atoms with van der Waals surface area (Å²) < 4.78 is 12.8. The molecule has 0 saturated carbocycles. The number of benzene rings is 1. The van der Waals surface area contributed by atoms with E-state index < -0.39 is 5.82 Å². The van der Waals surface area contributed by atoms with Gasteiger partial charge in [0.05, 0.1) is 5.02 Å². The molecular formula is C10H12ClFN2S. The Morgan fingerprint density at radius 1 is 1.47 bits per heavy atom. The average molecular weight is 247 g/mol. The summed E-state index contributed by atoms with van der Waals surface area (Å²) in [7, 11) is 0. The molecule has 0 unspecified atom stereocenters. The second-order valence-corrected chi connectivity index (χ2v) is 4.20. The maximum Gasteiger partial charge on any atom is 0.170 e. The SMILES string of the molecule is CC(C)NC(=S)Nc1ccc(F)c(Cl)c1. The van der Waals surface area contributed by atoms with Crippen molar-refractivity contribution in [1.29, 1.82) is 0 Å². The van der Waals surface area contributed by atoms with Crippen LogP contribution in [0.3, 0.4) is 0 Å². The highest BCUT2D eigenvalue weighted by molar-refractivity contribution is 7.80. The van der Waals surface area contributed by atoms with Gasteiger partial charge in [-0.3, -0.25) is 0 Å². The highest BCUT2D eigenvalue weighted by Gasteiger charge is 2.03. The van der Waals surface area contributed by atoms with Crippen LogP contribution >= 0.6 is 23.8 Å². The van der Waals surface area contributed by atoms with Gasteiger partial charge in [0, 0.05) is 11.7 Å². The first-order valence-corrected chi connectivity index (χ1v) is 5.30. The van der Waals surface area contributed by atoms with Gasteiger partial charge in [0.2, 0.25) is 0 Å². The van der Waals surface area contributed by atoms with E-state index in [4.69, 9.17) is 23.8 Å². The Balaban J connectivity index is 2.65. The summed E-state index contributed by atoms with van der Waals surface area (Å²) in [6.45, 7) is 3.96. The molecule has 0 aliphatic rings. The first kappa shape index (κ1) is 12.2. The van der Waals surface area contributed by atoms with Crippen LogP contribution in [0.2, 0.25) is 5.02 Å². The van der Waals surface area contributed by atoms with Crippen molar-refractivity contribution in [3.8, 4) is 0 Å². The summed E-state index contributed by atoms with van der Waals surface area (Å²) >= 11 is 10.7. The van der Waals surface area contributed by atoms with Crippen molar-refractivity contribution in [3.63, 3.8) is 0 Å². The maximum atomic E-state index is 12.8. The zero-order valence-electron chi connectivity index (χ0n) is 8.47. The minimum atomic E-state index is -0.440. The van der Waals surface area contributed by atoms with E-state index >= 15 is 0 Å². The van der Waals surface area contributed by atoms with E-state index in [0.717, 1.165) is 0 Å². The first-order valence-electron chi connectivity index (χ1n) is 4.51. The molecule has 15 heavy (non-hydrogen) atoms. The maximum absolute atomic E-state index is 12.8. The fourth-order valence-electron chi connectivity index (χ4n) is 1.00. The summed E-state index contributed by atoms with van der Waals surface area (Å²) in [5.74, 6) is -0.440. The molecule has 0 atom stereocenters. The number of hydrogen-bond acceptors (Lipinski definition) is 1. The Labute approximate surface area is 98.8 Å². The van der Waals surface area contributed by atoms with Gasteiger partial charge in [0.15, 0.2) is 5.11 Å². The third-order valence-corrected chi connectivity index (χ3v) is 2.11. The lowest BCUT2D eigenvalue weighted by molar-refractivity contribution is 0.628. The van der Waals surface area contributed by atoms with Crippen molar-refractivity contribution >= 4 is 34.6 Å². The van der Waals surface area contributed by atoms with Crippen LogP contribution in [0.25, 0.3) is 0 Å². The van der Waals surface area contributed by atoms with Crippen molar-refractivity contribution in [1.82, 2.24) is 5.32 Å². The number of halogens is 2. The molecule has 2 N–H and O–H groups in total. The van der Waals surface area contributed by atoms with Crippen LogP contribution < -0.4 is 10.6 Å². The number of nitrogens with one attached hydrogen (secondary N) is 2. The summed E-state index contributed by atoms with van der Waals surface area (Å²) in [6.07, 6.45) is 0. The van der Waals surface area contributed by atoms with Crippen molar-refractivity contribution < 1.29 is 4.39 Å². The van der Waals surface area contributed by atoms with Gasteiger partial charge < -0.3 is 10.6 Å². The Kier molecular flexibility index (Phi) is 4.29. The molecule has 0 saturated heterocycles. The largest absolute Gasteiger partial charge is 0.360 e. The second kappa shape index (κ2) is 5.28. The molecule has 2 nitrogen and oxygen atoms in total. The standard InChI is InChI=1S/C10H12ClFN2S/c1-6(2)13-10(15)14-7-3-4-9(12)8(11)5-7/h3-6H,1-2H3,(H2,13,14,15).